The van der Waals surface area contributed by atoms with E-state index in [9.17, 15) is 0 Å². The second-order valence-corrected chi connectivity index (χ2v) is 3.17. The molecule has 0 atom stereocenters. The maximum Gasteiger partial charge on any atom is 0.140 e. The summed E-state index contributed by atoms with van der Waals surface area (Å²) in [7, 11) is 1.66. The number of methoxy groups -OCH3 is 1. The summed E-state index contributed by atoms with van der Waals surface area (Å²) in [5.74, 6) is 1.48. The van der Waals surface area contributed by atoms with Crippen LogP contribution in [0.4, 0.5) is 0 Å². The van der Waals surface area contributed by atoms with Gasteiger partial charge in [-0.25, -0.2) is 0 Å². The van der Waals surface area contributed by atoms with Gasteiger partial charge in [-0.15, -0.1) is 0 Å². The van der Waals surface area contributed by atoms with Crippen LogP contribution in [-0.4, -0.2) is 12.3 Å². The van der Waals surface area contributed by atoms with E-state index in [1.165, 1.54) is 0 Å². The van der Waals surface area contributed by atoms with Crippen LogP contribution in [0.25, 0.3) is 0 Å². The van der Waals surface area contributed by atoms with Crippen molar-refractivity contribution in [3.05, 3.63) is 17.5 Å². The SMILES string of the molecule is CCC(CC)c1cc(COC)no1. The second-order valence-electron chi connectivity index (χ2n) is 3.17. The first-order valence-electron chi connectivity index (χ1n) is 4.76. The molecule has 0 spiro atoms. The molecule has 0 amide bonds. The molecule has 0 N–H and O–H groups in total. The van der Waals surface area contributed by atoms with E-state index < -0.39 is 0 Å². The lowest BCUT2D eigenvalue weighted by Gasteiger charge is -2.05. The summed E-state index contributed by atoms with van der Waals surface area (Å²) in [5.41, 5.74) is 0.879. The molecular formula is C10H17NO2. The largest absolute Gasteiger partial charge is 0.378 e. The number of ether oxygens (including phenoxy) is 1. The molecule has 0 saturated heterocycles. The van der Waals surface area contributed by atoms with E-state index in [0.717, 1.165) is 24.3 Å². The Hall–Kier alpha value is -0.830. The van der Waals surface area contributed by atoms with Gasteiger partial charge in [0.25, 0.3) is 0 Å². The first-order valence-corrected chi connectivity index (χ1v) is 4.76. The zero-order valence-corrected chi connectivity index (χ0v) is 8.54. The maximum atomic E-state index is 5.23. The van der Waals surface area contributed by atoms with Crippen molar-refractivity contribution < 1.29 is 9.26 Å². The van der Waals surface area contributed by atoms with Gasteiger partial charge in [-0.2, -0.15) is 0 Å². The fraction of sp³-hybridized carbons (Fsp3) is 0.700. The molecule has 1 heterocycles. The van der Waals surface area contributed by atoms with Gasteiger partial charge >= 0.3 is 0 Å². The van der Waals surface area contributed by atoms with Gasteiger partial charge in [0.05, 0.1) is 6.61 Å². The molecule has 1 aromatic rings. The van der Waals surface area contributed by atoms with E-state index in [2.05, 4.69) is 19.0 Å². The second kappa shape index (κ2) is 5.02. The smallest absolute Gasteiger partial charge is 0.140 e. The van der Waals surface area contributed by atoms with E-state index in [1.54, 1.807) is 7.11 Å². The minimum atomic E-state index is 0.498. The van der Waals surface area contributed by atoms with Crippen molar-refractivity contribution in [1.82, 2.24) is 5.16 Å². The van der Waals surface area contributed by atoms with E-state index >= 15 is 0 Å². The molecule has 0 bridgehead atoms. The Labute approximate surface area is 79.1 Å². The average Bonchev–Trinajstić information content (AvgIpc) is 2.56. The van der Waals surface area contributed by atoms with E-state index in [0.29, 0.717) is 12.5 Å². The van der Waals surface area contributed by atoms with Gasteiger partial charge in [-0.1, -0.05) is 19.0 Å². The highest BCUT2D eigenvalue weighted by Gasteiger charge is 2.12. The van der Waals surface area contributed by atoms with Crippen LogP contribution in [0.15, 0.2) is 10.6 Å². The lowest BCUT2D eigenvalue weighted by atomic mass is 10.0. The van der Waals surface area contributed by atoms with Crippen LogP contribution in [0, 0.1) is 0 Å². The predicted molar refractivity (Wildman–Crippen MR) is 50.5 cm³/mol. The molecule has 13 heavy (non-hydrogen) atoms. The molecule has 0 fully saturated rings. The summed E-state index contributed by atoms with van der Waals surface area (Å²) in [5, 5.41) is 3.92. The molecule has 0 radical (unpaired) electrons. The van der Waals surface area contributed by atoms with Crippen LogP contribution in [0.1, 0.15) is 44.1 Å². The number of hydrogen-bond acceptors (Lipinski definition) is 3. The first-order chi connectivity index (χ1) is 6.31. The van der Waals surface area contributed by atoms with Crippen molar-refractivity contribution >= 4 is 0 Å². The first kappa shape index (κ1) is 10.3. The third kappa shape index (κ3) is 2.56. The molecule has 3 nitrogen and oxygen atoms in total. The number of nitrogens with zero attached hydrogens (tertiary/aromatic N) is 1. The summed E-state index contributed by atoms with van der Waals surface area (Å²) < 4.78 is 10.2. The lowest BCUT2D eigenvalue weighted by molar-refractivity contribution is 0.177. The summed E-state index contributed by atoms with van der Waals surface area (Å²) >= 11 is 0. The highest BCUT2D eigenvalue weighted by molar-refractivity contribution is 5.08. The molecule has 1 aromatic heterocycles. The topological polar surface area (TPSA) is 35.3 Å². The Bertz CT molecular complexity index is 241. The van der Waals surface area contributed by atoms with Crippen LogP contribution in [0.3, 0.4) is 0 Å². The molecule has 0 aliphatic rings. The minimum absolute atomic E-state index is 0.498. The molecule has 0 aliphatic heterocycles. The predicted octanol–water partition coefficient (Wildman–Crippen LogP) is 2.72. The quantitative estimate of drug-likeness (QED) is 0.704. The summed E-state index contributed by atoms with van der Waals surface area (Å²) in [6, 6.07) is 1.99. The molecule has 74 valence electrons. The standard InChI is InChI=1S/C10H17NO2/c1-4-8(5-2)10-6-9(7-12-3)11-13-10/h6,8H,4-5,7H2,1-3H3. The van der Waals surface area contributed by atoms with Crippen molar-refractivity contribution in [3.63, 3.8) is 0 Å². The Morgan fingerprint density at radius 1 is 1.46 bits per heavy atom. The van der Waals surface area contributed by atoms with Crippen molar-refractivity contribution in [2.75, 3.05) is 7.11 Å². The number of aromatic nitrogens is 1. The zero-order chi connectivity index (χ0) is 9.68. The average molecular weight is 183 g/mol. The molecule has 1 rings (SSSR count). The van der Waals surface area contributed by atoms with Gasteiger partial charge in [0.1, 0.15) is 11.5 Å². The maximum absolute atomic E-state index is 5.23. The van der Waals surface area contributed by atoms with Crippen molar-refractivity contribution in [3.8, 4) is 0 Å². The third-order valence-electron chi connectivity index (χ3n) is 2.26. The van der Waals surface area contributed by atoms with E-state index in [-0.39, 0.29) is 0 Å². The van der Waals surface area contributed by atoms with E-state index in [4.69, 9.17) is 9.26 Å². The summed E-state index contributed by atoms with van der Waals surface area (Å²) in [4.78, 5) is 0. The molecule has 0 aromatic carbocycles. The molecule has 0 saturated carbocycles. The highest BCUT2D eigenvalue weighted by Crippen LogP contribution is 2.23. The van der Waals surface area contributed by atoms with Gasteiger partial charge in [0.15, 0.2) is 0 Å². The summed E-state index contributed by atoms with van der Waals surface area (Å²) in [6.45, 7) is 4.85. The van der Waals surface area contributed by atoms with Crippen LogP contribution in [0.2, 0.25) is 0 Å². The van der Waals surface area contributed by atoms with Crippen molar-refractivity contribution in [2.24, 2.45) is 0 Å². The highest BCUT2D eigenvalue weighted by atomic mass is 16.5. The Morgan fingerprint density at radius 3 is 2.69 bits per heavy atom. The van der Waals surface area contributed by atoms with Crippen LogP contribution >= 0.6 is 0 Å². The van der Waals surface area contributed by atoms with Gasteiger partial charge < -0.3 is 9.26 Å². The van der Waals surface area contributed by atoms with Gasteiger partial charge in [0, 0.05) is 19.1 Å². The van der Waals surface area contributed by atoms with Gasteiger partial charge in [-0.3, -0.25) is 0 Å². The van der Waals surface area contributed by atoms with Crippen LogP contribution in [-0.2, 0) is 11.3 Å². The zero-order valence-electron chi connectivity index (χ0n) is 8.54. The molecular weight excluding hydrogens is 166 g/mol. The van der Waals surface area contributed by atoms with Gasteiger partial charge in [-0.05, 0) is 12.8 Å². The summed E-state index contributed by atoms with van der Waals surface area (Å²) in [6.07, 6.45) is 2.19. The lowest BCUT2D eigenvalue weighted by Crippen LogP contribution is -1.92. The number of rotatable bonds is 5. The van der Waals surface area contributed by atoms with Crippen molar-refractivity contribution in [2.45, 2.75) is 39.2 Å². The Kier molecular flexibility index (Phi) is 3.96. The monoisotopic (exact) mass is 183 g/mol. The normalized spacial score (nSPS) is 11.1. The fourth-order valence-electron chi connectivity index (χ4n) is 1.43. The fourth-order valence-corrected chi connectivity index (χ4v) is 1.43. The Morgan fingerprint density at radius 2 is 2.15 bits per heavy atom. The third-order valence-corrected chi connectivity index (χ3v) is 2.26. The Balaban J connectivity index is 2.66. The molecule has 3 heteroatoms. The number of hydrogen-bond donors (Lipinski definition) is 0. The van der Waals surface area contributed by atoms with Crippen molar-refractivity contribution in [1.29, 1.82) is 0 Å². The molecule has 0 unspecified atom stereocenters. The molecule has 0 aliphatic carbocycles. The van der Waals surface area contributed by atoms with Crippen LogP contribution in [0.5, 0.6) is 0 Å². The van der Waals surface area contributed by atoms with E-state index in [1.807, 2.05) is 6.07 Å². The van der Waals surface area contributed by atoms with Crippen LogP contribution < -0.4 is 0 Å². The van der Waals surface area contributed by atoms with Gasteiger partial charge in [0.2, 0.25) is 0 Å². The minimum Gasteiger partial charge on any atom is -0.378 e.